The summed E-state index contributed by atoms with van der Waals surface area (Å²) in [6.45, 7) is 1.63. The molecule has 6 heteroatoms. The van der Waals surface area contributed by atoms with Gasteiger partial charge in [0.05, 0.1) is 23.4 Å². The zero-order chi connectivity index (χ0) is 14.7. The van der Waals surface area contributed by atoms with Gasteiger partial charge >= 0.3 is 0 Å². The molecule has 1 heterocycles. The number of hydrogen-bond donors (Lipinski definition) is 2. The summed E-state index contributed by atoms with van der Waals surface area (Å²) in [6.07, 6.45) is 0.915. The molecule has 0 unspecified atom stereocenters. The first kappa shape index (κ1) is 13.8. The van der Waals surface area contributed by atoms with Gasteiger partial charge in [0, 0.05) is 18.8 Å². The zero-order valence-corrected chi connectivity index (χ0v) is 11.2. The van der Waals surface area contributed by atoms with Crippen molar-refractivity contribution in [3.8, 4) is 11.8 Å². The predicted molar refractivity (Wildman–Crippen MR) is 72.3 cm³/mol. The van der Waals surface area contributed by atoms with Gasteiger partial charge in [-0.3, -0.25) is 4.79 Å². The van der Waals surface area contributed by atoms with E-state index in [2.05, 4.69) is 10.4 Å². The number of nitrogens with one attached hydrogen (secondary N) is 1. The van der Waals surface area contributed by atoms with Gasteiger partial charge in [-0.05, 0) is 25.1 Å². The lowest BCUT2D eigenvalue weighted by Crippen LogP contribution is -2.18. The largest absolute Gasteiger partial charge is 0.389 e. The highest BCUT2D eigenvalue weighted by atomic mass is 16.3. The molecule has 102 valence electrons. The molecule has 0 saturated carbocycles. The first-order valence-electron chi connectivity index (χ1n) is 6.07. The van der Waals surface area contributed by atoms with E-state index in [0.717, 1.165) is 0 Å². The lowest BCUT2D eigenvalue weighted by Gasteiger charge is -2.12. The molecule has 1 amide bonds. The van der Waals surface area contributed by atoms with E-state index in [4.69, 9.17) is 5.26 Å². The number of carbonyl (C=O) groups is 1. The van der Waals surface area contributed by atoms with Crippen LogP contribution >= 0.6 is 0 Å². The van der Waals surface area contributed by atoms with Crippen LogP contribution in [0.1, 0.15) is 34.6 Å². The number of benzene rings is 1. The van der Waals surface area contributed by atoms with E-state index in [0.29, 0.717) is 16.8 Å². The number of aliphatic hydroxyl groups is 1. The highest BCUT2D eigenvalue weighted by Gasteiger charge is 2.14. The fraction of sp³-hybridized carbons (Fsp3) is 0.214. The summed E-state index contributed by atoms with van der Waals surface area (Å²) in [7, 11) is 1.53. The quantitative estimate of drug-likeness (QED) is 0.875. The van der Waals surface area contributed by atoms with Crippen LogP contribution in [0.3, 0.4) is 0 Å². The molecule has 0 aliphatic heterocycles. The van der Waals surface area contributed by atoms with E-state index in [1.54, 1.807) is 37.4 Å². The molecule has 1 atom stereocenters. The van der Waals surface area contributed by atoms with E-state index in [1.165, 1.54) is 11.7 Å². The number of rotatable bonds is 3. The average molecular weight is 270 g/mol. The van der Waals surface area contributed by atoms with Gasteiger partial charge in [0.1, 0.15) is 0 Å². The van der Waals surface area contributed by atoms with Gasteiger partial charge in [-0.15, -0.1) is 0 Å². The maximum absolute atomic E-state index is 11.5. The lowest BCUT2D eigenvalue weighted by atomic mass is 10.1. The van der Waals surface area contributed by atoms with Gasteiger partial charge in [0.25, 0.3) is 5.91 Å². The first-order chi connectivity index (χ1) is 9.56. The van der Waals surface area contributed by atoms with Crippen LogP contribution in [-0.2, 0) is 0 Å². The number of carbonyl (C=O) groups excluding carboxylic acids is 1. The number of nitriles is 1. The van der Waals surface area contributed by atoms with Crippen LogP contribution in [0.25, 0.3) is 5.69 Å². The molecule has 2 rings (SSSR count). The van der Waals surface area contributed by atoms with Crippen LogP contribution in [0.2, 0.25) is 0 Å². The summed E-state index contributed by atoms with van der Waals surface area (Å²) in [4.78, 5) is 11.5. The number of nitrogens with zero attached hydrogens (tertiary/aromatic N) is 3. The molecule has 0 aliphatic rings. The van der Waals surface area contributed by atoms with Crippen molar-refractivity contribution in [3.63, 3.8) is 0 Å². The van der Waals surface area contributed by atoms with E-state index in [1.807, 2.05) is 6.07 Å². The van der Waals surface area contributed by atoms with Gasteiger partial charge in [-0.25, -0.2) is 4.68 Å². The predicted octanol–water partition coefficient (Wildman–Crippen LogP) is 1.16. The van der Waals surface area contributed by atoms with Gasteiger partial charge in [-0.2, -0.15) is 10.4 Å². The zero-order valence-electron chi connectivity index (χ0n) is 11.2. The summed E-state index contributed by atoms with van der Waals surface area (Å²) >= 11 is 0. The van der Waals surface area contributed by atoms with E-state index >= 15 is 0 Å². The highest BCUT2D eigenvalue weighted by molar-refractivity contribution is 5.91. The van der Waals surface area contributed by atoms with Gasteiger partial charge in [-0.1, -0.05) is 6.07 Å². The monoisotopic (exact) mass is 270 g/mol. The fourth-order valence-electron chi connectivity index (χ4n) is 1.87. The molecule has 0 radical (unpaired) electrons. The van der Waals surface area contributed by atoms with Gasteiger partial charge < -0.3 is 10.4 Å². The smallest absolute Gasteiger partial charge is 0.271 e. The van der Waals surface area contributed by atoms with Crippen LogP contribution in [0.4, 0.5) is 0 Å². The summed E-state index contributed by atoms with van der Waals surface area (Å²) in [5, 5.41) is 25.4. The van der Waals surface area contributed by atoms with Crippen molar-refractivity contribution in [2.45, 2.75) is 13.0 Å². The topological polar surface area (TPSA) is 90.9 Å². The van der Waals surface area contributed by atoms with Crippen molar-refractivity contribution in [1.82, 2.24) is 15.1 Å². The van der Waals surface area contributed by atoms with Crippen LogP contribution in [-0.4, -0.2) is 27.8 Å². The average Bonchev–Trinajstić information content (AvgIpc) is 2.95. The van der Waals surface area contributed by atoms with Crippen molar-refractivity contribution < 1.29 is 9.90 Å². The minimum Gasteiger partial charge on any atom is -0.389 e. The maximum atomic E-state index is 11.5. The Morgan fingerprint density at radius 2 is 2.25 bits per heavy atom. The number of aliphatic hydroxyl groups excluding tert-OH is 1. The lowest BCUT2D eigenvalue weighted by molar-refractivity contribution is 0.0957. The SMILES string of the molecule is CNC(=O)c1ccn(-c2cc(C#N)ccc2[C@H](C)O)n1. The van der Waals surface area contributed by atoms with Crippen LogP contribution in [0.5, 0.6) is 0 Å². The molecule has 0 spiro atoms. The van der Waals surface area contributed by atoms with Gasteiger partial charge in [0.2, 0.25) is 0 Å². The van der Waals surface area contributed by atoms with Crippen molar-refractivity contribution in [2.75, 3.05) is 7.05 Å². The third kappa shape index (κ3) is 2.53. The Bertz CT molecular complexity index is 683. The van der Waals surface area contributed by atoms with Crippen molar-refractivity contribution >= 4 is 5.91 Å². The third-order valence-corrected chi connectivity index (χ3v) is 2.91. The second-order valence-corrected chi connectivity index (χ2v) is 4.29. The Labute approximate surface area is 116 Å². The van der Waals surface area contributed by atoms with Crippen molar-refractivity contribution in [3.05, 3.63) is 47.3 Å². The Balaban J connectivity index is 2.53. The Hall–Kier alpha value is -2.65. The van der Waals surface area contributed by atoms with Crippen molar-refractivity contribution in [2.24, 2.45) is 0 Å². The summed E-state index contributed by atoms with van der Waals surface area (Å²) in [5.41, 5.74) is 1.94. The summed E-state index contributed by atoms with van der Waals surface area (Å²) in [5.74, 6) is -0.293. The first-order valence-corrected chi connectivity index (χ1v) is 6.07. The van der Waals surface area contributed by atoms with Crippen molar-refractivity contribution in [1.29, 1.82) is 5.26 Å². The van der Waals surface area contributed by atoms with E-state index in [9.17, 15) is 9.90 Å². The maximum Gasteiger partial charge on any atom is 0.271 e. The Kier molecular flexibility index (Phi) is 3.82. The number of aromatic nitrogens is 2. The van der Waals surface area contributed by atoms with E-state index in [-0.39, 0.29) is 11.6 Å². The molecular weight excluding hydrogens is 256 g/mol. The third-order valence-electron chi connectivity index (χ3n) is 2.91. The van der Waals surface area contributed by atoms with Crippen LogP contribution < -0.4 is 5.32 Å². The molecule has 0 bridgehead atoms. The molecule has 6 nitrogen and oxygen atoms in total. The molecule has 2 aromatic rings. The molecule has 0 saturated heterocycles. The molecule has 20 heavy (non-hydrogen) atoms. The van der Waals surface area contributed by atoms with E-state index < -0.39 is 6.10 Å². The Morgan fingerprint density at radius 1 is 1.50 bits per heavy atom. The number of hydrogen-bond acceptors (Lipinski definition) is 4. The summed E-state index contributed by atoms with van der Waals surface area (Å²) < 4.78 is 1.48. The molecule has 2 N–H and O–H groups in total. The number of amides is 1. The molecule has 1 aromatic carbocycles. The molecule has 0 aliphatic carbocycles. The molecular formula is C14H14N4O2. The molecule has 1 aromatic heterocycles. The minimum atomic E-state index is -0.703. The van der Waals surface area contributed by atoms with Crippen LogP contribution in [0.15, 0.2) is 30.5 Å². The van der Waals surface area contributed by atoms with Crippen LogP contribution in [0, 0.1) is 11.3 Å². The Morgan fingerprint density at radius 3 is 2.85 bits per heavy atom. The second kappa shape index (κ2) is 5.55. The van der Waals surface area contributed by atoms with Gasteiger partial charge in [0.15, 0.2) is 5.69 Å². The second-order valence-electron chi connectivity index (χ2n) is 4.29. The standard InChI is InChI=1S/C14H14N4O2/c1-9(19)11-4-3-10(8-15)7-13(11)18-6-5-12(17-18)14(20)16-2/h3-7,9,19H,1-2H3,(H,16,20)/t9-/m0/s1. The molecule has 0 fully saturated rings. The minimum absolute atomic E-state index is 0.270. The fourth-order valence-corrected chi connectivity index (χ4v) is 1.87. The highest BCUT2D eigenvalue weighted by Crippen LogP contribution is 2.22. The normalized spacial score (nSPS) is 11.7. The summed E-state index contributed by atoms with van der Waals surface area (Å²) in [6, 6.07) is 8.56.